The topological polar surface area (TPSA) is 3.24 Å². The van der Waals surface area contributed by atoms with Crippen molar-refractivity contribution in [2.75, 3.05) is 13.3 Å². The summed E-state index contributed by atoms with van der Waals surface area (Å²) in [6.07, 6.45) is 4.77. The van der Waals surface area contributed by atoms with Gasteiger partial charge < -0.3 is 0 Å². The van der Waals surface area contributed by atoms with Crippen LogP contribution in [0.5, 0.6) is 0 Å². The monoisotopic (exact) mass is 203 g/mol. The zero-order valence-electron chi connectivity index (χ0n) is 10.0. The molecule has 0 saturated heterocycles. The van der Waals surface area contributed by atoms with Crippen LogP contribution in [0, 0.1) is 11.8 Å². The third-order valence-electron chi connectivity index (χ3n) is 3.41. The molecule has 0 fully saturated rings. The summed E-state index contributed by atoms with van der Waals surface area (Å²) in [5, 5.41) is 0. The first kappa shape index (κ1) is 13.3. The third-order valence-corrected chi connectivity index (χ3v) is 4.32. The van der Waals surface area contributed by atoms with E-state index in [1.165, 1.54) is 12.8 Å². The highest BCUT2D eigenvalue weighted by Gasteiger charge is 2.22. The van der Waals surface area contributed by atoms with Gasteiger partial charge in [-0.3, -0.25) is 4.31 Å². The van der Waals surface area contributed by atoms with E-state index in [2.05, 4.69) is 45.3 Å². The van der Waals surface area contributed by atoms with Crippen molar-refractivity contribution in [3.8, 4) is 0 Å². The Bertz CT molecular complexity index is 123. The fourth-order valence-corrected chi connectivity index (χ4v) is 2.45. The predicted octanol–water partition coefficient (Wildman–Crippen LogP) is 3.66. The zero-order chi connectivity index (χ0) is 10.4. The Morgan fingerprint density at radius 2 is 1.62 bits per heavy atom. The van der Waals surface area contributed by atoms with Crippen LogP contribution >= 0.6 is 11.9 Å². The molecule has 0 aromatic heterocycles. The number of hydrogen-bond acceptors (Lipinski definition) is 2. The maximum atomic E-state index is 2.38. The minimum Gasteiger partial charge on any atom is -0.251 e. The second kappa shape index (κ2) is 6.72. The minimum absolute atomic E-state index is 0.680. The lowest BCUT2D eigenvalue weighted by atomic mass is 9.85. The molecular weight excluding hydrogens is 178 g/mol. The number of nitrogens with zero attached hydrogens (tertiary/aromatic N) is 1. The minimum atomic E-state index is 0.680. The van der Waals surface area contributed by atoms with Crippen molar-refractivity contribution in [1.29, 1.82) is 0 Å². The van der Waals surface area contributed by atoms with Gasteiger partial charge in [0.1, 0.15) is 0 Å². The maximum absolute atomic E-state index is 2.38. The highest BCUT2D eigenvalue weighted by atomic mass is 32.2. The van der Waals surface area contributed by atoms with Gasteiger partial charge in [-0.25, -0.2) is 0 Å². The second-order valence-corrected chi connectivity index (χ2v) is 4.85. The zero-order valence-corrected chi connectivity index (χ0v) is 10.8. The molecule has 2 heteroatoms. The van der Waals surface area contributed by atoms with Crippen molar-refractivity contribution >= 4 is 11.9 Å². The molecule has 0 amide bonds. The molecule has 0 bridgehead atoms. The smallest absolute Gasteiger partial charge is 0.0199 e. The van der Waals surface area contributed by atoms with Gasteiger partial charge in [0.05, 0.1) is 0 Å². The molecule has 2 atom stereocenters. The molecule has 0 heterocycles. The van der Waals surface area contributed by atoms with Crippen molar-refractivity contribution in [1.82, 2.24) is 4.31 Å². The third kappa shape index (κ3) is 3.90. The van der Waals surface area contributed by atoms with Crippen molar-refractivity contribution in [3.63, 3.8) is 0 Å². The fourth-order valence-electron chi connectivity index (χ4n) is 1.92. The van der Waals surface area contributed by atoms with E-state index >= 15 is 0 Å². The van der Waals surface area contributed by atoms with Gasteiger partial charge in [0, 0.05) is 6.04 Å². The van der Waals surface area contributed by atoms with E-state index in [-0.39, 0.29) is 0 Å². The van der Waals surface area contributed by atoms with E-state index in [4.69, 9.17) is 0 Å². The van der Waals surface area contributed by atoms with Crippen LogP contribution in [-0.4, -0.2) is 23.7 Å². The molecule has 0 N–H and O–H groups in total. The molecule has 0 aromatic rings. The number of rotatable bonds is 6. The van der Waals surface area contributed by atoms with Crippen LogP contribution in [0.1, 0.15) is 40.5 Å². The van der Waals surface area contributed by atoms with Crippen LogP contribution in [0.3, 0.4) is 0 Å². The summed E-state index contributed by atoms with van der Waals surface area (Å²) in [5.74, 6) is 1.68. The van der Waals surface area contributed by atoms with E-state index in [1.807, 2.05) is 11.9 Å². The molecule has 0 aliphatic carbocycles. The molecule has 2 unspecified atom stereocenters. The molecule has 0 saturated carbocycles. The Kier molecular flexibility index (Phi) is 6.88. The normalized spacial score (nSPS) is 16.6. The highest BCUT2D eigenvalue weighted by Crippen LogP contribution is 2.26. The van der Waals surface area contributed by atoms with Gasteiger partial charge in [-0.1, -0.05) is 45.6 Å². The largest absolute Gasteiger partial charge is 0.251 e. The van der Waals surface area contributed by atoms with E-state index in [0.29, 0.717) is 6.04 Å². The van der Waals surface area contributed by atoms with Crippen molar-refractivity contribution in [3.05, 3.63) is 0 Å². The Morgan fingerprint density at radius 1 is 1.15 bits per heavy atom. The van der Waals surface area contributed by atoms with Gasteiger partial charge in [0.2, 0.25) is 0 Å². The van der Waals surface area contributed by atoms with Gasteiger partial charge in [0.25, 0.3) is 0 Å². The van der Waals surface area contributed by atoms with Crippen LogP contribution in [0.15, 0.2) is 0 Å². The SMILES string of the molecule is CCC(CC)C(C)C(C)N(C)SC. The van der Waals surface area contributed by atoms with Gasteiger partial charge in [-0.2, -0.15) is 0 Å². The van der Waals surface area contributed by atoms with Crippen molar-refractivity contribution in [2.24, 2.45) is 11.8 Å². The summed E-state index contributed by atoms with van der Waals surface area (Å²) < 4.78 is 2.36. The van der Waals surface area contributed by atoms with Gasteiger partial charge >= 0.3 is 0 Å². The van der Waals surface area contributed by atoms with Crippen molar-refractivity contribution < 1.29 is 0 Å². The lowest BCUT2D eigenvalue weighted by molar-refractivity contribution is 0.225. The summed E-state index contributed by atoms with van der Waals surface area (Å²) in [5.41, 5.74) is 0. The average molecular weight is 203 g/mol. The maximum Gasteiger partial charge on any atom is 0.0199 e. The first-order chi connectivity index (χ1) is 6.08. The van der Waals surface area contributed by atoms with Crippen LogP contribution in [0.4, 0.5) is 0 Å². The summed E-state index contributed by atoms with van der Waals surface area (Å²) in [4.78, 5) is 0. The lowest BCUT2D eigenvalue weighted by Crippen LogP contribution is -2.33. The summed E-state index contributed by atoms with van der Waals surface area (Å²) >= 11 is 1.83. The molecule has 0 aromatic carbocycles. The highest BCUT2D eigenvalue weighted by molar-refractivity contribution is 7.96. The lowest BCUT2D eigenvalue weighted by Gasteiger charge is -2.32. The molecule has 1 nitrogen and oxygen atoms in total. The molecule has 0 aliphatic heterocycles. The summed E-state index contributed by atoms with van der Waals surface area (Å²) in [6.45, 7) is 9.32. The predicted molar refractivity (Wildman–Crippen MR) is 64.0 cm³/mol. The Morgan fingerprint density at radius 3 is 1.92 bits per heavy atom. The average Bonchev–Trinajstić information content (AvgIpc) is 2.17. The number of hydrogen-bond donors (Lipinski definition) is 0. The van der Waals surface area contributed by atoms with E-state index in [9.17, 15) is 0 Å². The van der Waals surface area contributed by atoms with Crippen LogP contribution in [-0.2, 0) is 0 Å². The van der Waals surface area contributed by atoms with E-state index in [0.717, 1.165) is 11.8 Å². The van der Waals surface area contributed by atoms with E-state index < -0.39 is 0 Å². The van der Waals surface area contributed by atoms with Gasteiger partial charge in [-0.15, -0.1) is 0 Å². The Hall–Kier alpha value is 0.310. The Balaban J connectivity index is 4.13. The van der Waals surface area contributed by atoms with Gasteiger partial charge in [-0.05, 0) is 32.1 Å². The van der Waals surface area contributed by atoms with E-state index in [1.54, 1.807) is 0 Å². The van der Waals surface area contributed by atoms with Crippen molar-refractivity contribution in [2.45, 2.75) is 46.6 Å². The first-order valence-electron chi connectivity index (χ1n) is 5.35. The molecule has 13 heavy (non-hydrogen) atoms. The summed E-state index contributed by atoms with van der Waals surface area (Å²) in [7, 11) is 2.19. The Labute approximate surface area is 88.4 Å². The van der Waals surface area contributed by atoms with Gasteiger partial charge in [0.15, 0.2) is 0 Å². The van der Waals surface area contributed by atoms with Crippen LogP contribution in [0.25, 0.3) is 0 Å². The molecule has 0 spiro atoms. The second-order valence-electron chi connectivity index (χ2n) is 3.91. The quantitative estimate of drug-likeness (QED) is 0.606. The molecule has 0 aliphatic rings. The molecule has 0 radical (unpaired) electrons. The summed E-state index contributed by atoms with van der Waals surface area (Å²) in [6, 6.07) is 0.680. The molecule has 80 valence electrons. The van der Waals surface area contributed by atoms with Crippen LogP contribution < -0.4 is 0 Å². The molecular formula is C11H25NS. The standard InChI is InChI=1S/C11H25NS/c1-7-11(8-2)9(3)10(4)12(5)13-6/h9-11H,7-8H2,1-6H3. The molecule has 0 rings (SSSR count). The first-order valence-corrected chi connectivity index (χ1v) is 6.53. The van der Waals surface area contributed by atoms with Crippen LogP contribution in [0.2, 0.25) is 0 Å². The fraction of sp³-hybridized carbons (Fsp3) is 1.00.